The van der Waals surface area contributed by atoms with E-state index in [1.165, 1.54) is 12.1 Å². The molecule has 3 rings (SSSR count). The molecule has 0 radical (unpaired) electrons. The van der Waals surface area contributed by atoms with Crippen LogP contribution < -0.4 is 0 Å². The molecule has 0 saturated carbocycles. The van der Waals surface area contributed by atoms with E-state index in [0.29, 0.717) is 11.3 Å². The minimum atomic E-state index is -4.62. The number of hydrogen-bond donors (Lipinski definition) is 1. The number of rotatable bonds is 4. The molecule has 23 heavy (non-hydrogen) atoms. The number of H-pyrrole nitrogens is 1. The lowest BCUT2D eigenvalue weighted by Crippen LogP contribution is -2.11. The number of aromatic amines is 1. The molecular weight excluding hydrogens is 330 g/mol. The van der Waals surface area contributed by atoms with Gasteiger partial charge in [-0.1, -0.05) is 5.16 Å². The zero-order chi connectivity index (χ0) is 16.6. The summed E-state index contributed by atoms with van der Waals surface area (Å²) in [5.41, 5.74) is 1.72. The number of aromatic nitrogens is 4. The van der Waals surface area contributed by atoms with E-state index in [-0.39, 0.29) is 11.7 Å². The van der Waals surface area contributed by atoms with Crippen LogP contribution in [0, 0.1) is 6.92 Å². The van der Waals surface area contributed by atoms with Crippen LogP contribution in [0.3, 0.4) is 0 Å². The lowest BCUT2D eigenvalue weighted by molar-refractivity contribution is 0.234. The summed E-state index contributed by atoms with van der Waals surface area (Å²) >= 11 is 0. The summed E-state index contributed by atoms with van der Waals surface area (Å²) in [5, 5.41) is 10.5. The molecule has 3 aromatic rings. The maximum Gasteiger partial charge on any atom is 0.341 e. The Morgan fingerprint density at radius 2 is 1.91 bits per heavy atom. The molecule has 7 nitrogen and oxygen atoms in total. The van der Waals surface area contributed by atoms with Gasteiger partial charge in [0.15, 0.2) is 5.69 Å². The molecule has 0 fully saturated rings. The van der Waals surface area contributed by atoms with Crippen LogP contribution in [0.15, 0.2) is 39.8 Å². The first-order valence-electron chi connectivity index (χ1n) is 6.36. The lowest BCUT2D eigenvalue weighted by atomic mass is 10.2. The van der Waals surface area contributed by atoms with Gasteiger partial charge in [0.2, 0.25) is 15.7 Å². The monoisotopic (exact) mass is 340 g/mol. The average molecular weight is 340 g/mol. The van der Waals surface area contributed by atoms with Crippen LogP contribution in [0.2, 0.25) is 0 Å². The van der Waals surface area contributed by atoms with Gasteiger partial charge in [0, 0.05) is 11.3 Å². The number of nitrogens with one attached hydrogen (secondary N) is 1. The fourth-order valence-corrected chi connectivity index (χ4v) is 2.59. The highest BCUT2D eigenvalue weighted by molar-refractivity contribution is 7.91. The second kappa shape index (κ2) is 5.54. The zero-order valence-electron chi connectivity index (χ0n) is 11.7. The summed E-state index contributed by atoms with van der Waals surface area (Å²) in [6.07, 6.45) is 0. The van der Waals surface area contributed by atoms with Gasteiger partial charge in [0.1, 0.15) is 0 Å². The fourth-order valence-electron chi connectivity index (χ4n) is 1.87. The van der Waals surface area contributed by atoms with Gasteiger partial charge in [-0.25, -0.2) is 8.42 Å². The van der Waals surface area contributed by atoms with Crippen molar-refractivity contribution in [3.05, 3.63) is 36.0 Å². The van der Waals surface area contributed by atoms with Crippen LogP contribution >= 0.6 is 0 Å². The number of hydrogen-bond acceptors (Lipinski definition) is 6. The molecule has 1 N–H and O–H groups in total. The summed E-state index contributed by atoms with van der Waals surface area (Å²) in [5.74, 6) is -3.08. The summed E-state index contributed by atoms with van der Waals surface area (Å²) in [6.45, 7) is 1.82. The van der Waals surface area contributed by atoms with E-state index in [9.17, 15) is 17.2 Å². The number of aryl methyl sites for hydroxylation is 1. The van der Waals surface area contributed by atoms with Crippen molar-refractivity contribution in [1.82, 2.24) is 20.3 Å². The van der Waals surface area contributed by atoms with Gasteiger partial charge >= 0.3 is 5.76 Å². The Morgan fingerprint density at radius 1 is 1.22 bits per heavy atom. The van der Waals surface area contributed by atoms with E-state index in [1.54, 1.807) is 6.07 Å². The quantitative estimate of drug-likeness (QED) is 0.782. The van der Waals surface area contributed by atoms with Crippen LogP contribution in [0.5, 0.6) is 0 Å². The molecule has 2 aromatic heterocycles. The first kappa shape index (κ1) is 15.3. The third kappa shape index (κ3) is 2.84. The summed E-state index contributed by atoms with van der Waals surface area (Å²) in [6, 6.07) is 6.53. The Hall–Kier alpha value is -2.62. The van der Waals surface area contributed by atoms with E-state index in [0.717, 1.165) is 17.8 Å². The smallest absolute Gasteiger partial charge is 0.332 e. The predicted molar refractivity (Wildman–Crippen MR) is 75.2 cm³/mol. The van der Waals surface area contributed by atoms with E-state index in [2.05, 4.69) is 20.3 Å². The molecule has 0 spiro atoms. The Labute approximate surface area is 129 Å². The molecule has 0 amide bonds. The normalized spacial score (nSPS) is 12.0. The van der Waals surface area contributed by atoms with Gasteiger partial charge in [-0.15, -0.1) is 0 Å². The molecule has 0 unspecified atom stereocenters. The summed E-state index contributed by atoms with van der Waals surface area (Å²) in [7, 11) is -4.62. The van der Waals surface area contributed by atoms with Crippen LogP contribution in [-0.2, 0) is 9.84 Å². The molecule has 0 aliphatic rings. The van der Waals surface area contributed by atoms with Crippen LogP contribution in [0.1, 0.15) is 5.69 Å². The van der Waals surface area contributed by atoms with Gasteiger partial charge in [0.05, 0.1) is 4.90 Å². The highest BCUT2D eigenvalue weighted by Gasteiger charge is 2.26. The number of nitrogens with zero attached hydrogens (tertiary/aromatic N) is 3. The third-order valence-electron chi connectivity index (χ3n) is 3.03. The molecule has 0 bridgehead atoms. The maximum absolute atomic E-state index is 12.5. The van der Waals surface area contributed by atoms with E-state index in [1.807, 2.05) is 6.92 Å². The topological polar surface area (TPSA) is 102 Å². The van der Waals surface area contributed by atoms with Crippen molar-refractivity contribution >= 4 is 9.84 Å². The number of sulfone groups is 1. The second-order valence-electron chi connectivity index (χ2n) is 4.69. The Balaban J connectivity index is 1.90. The third-order valence-corrected chi connectivity index (χ3v) is 4.43. The van der Waals surface area contributed by atoms with Gasteiger partial charge in [-0.2, -0.15) is 18.9 Å². The fraction of sp³-hybridized carbons (Fsp3) is 0.154. The minimum absolute atomic E-state index is 0.189. The Kier molecular flexibility index (Phi) is 3.68. The van der Waals surface area contributed by atoms with Crippen LogP contribution in [-0.4, -0.2) is 34.5 Å². The summed E-state index contributed by atoms with van der Waals surface area (Å²) < 4.78 is 52.7. The highest BCUT2D eigenvalue weighted by atomic mass is 32.2. The number of halogens is 2. The standard InChI is InChI=1S/C13H10F2N4O3S/c1-7-6-10(18-17-7)12-16-11(19-22-12)8-2-4-9(5-3-8)23(20,21)13(14)15/h2-6,13H,1H3,(H,17,18). The summed E-state index contributed by atoms with van der Waals surface area (Å²) in [4.78, 5) is 3.66. The number of benzene rings is 1. The van der Waals surface area contributed by atoms with Gasteiger partial charge in [-0.05, 0) is 37.3 Å². The first-order chi connectivity index (χ1) is 10.9. The van der Waals surface area contributed by atoms with Crippen LogP contribution in [0.4, 0.5) is 8.78 Å². The van der Waals surface area contributed by atoms with Crippen molar-refractivity contribution in [3.63, 3.8) is 0 Å². The maximum atomic E-state index is 12.5. The van der Waals surface area contributed by atoms with Crippen molar-refractivity contribution in [2.45, 2.75) is 17.6 Å². The molecule has 0 saturated heterocycles. The van der Waals surface area contributed by atoms with Crippen molar-refractivity contribution in [2.24, 2.45) is 0 Å². The van der Waals surface area contributed by atoms with Crippen LogP contribution in [0.25, 0.3) is 23.0 Å². The molecular formula is C13H10F2N4O3S. The first-order valence-corrected chi connectivity index (χ1v) is 7.91. The molecule has 2 heterocycles. The molecule has 10 heteroatoms. The van der Waals surface area contributed by atoms with E-state index < -0.39 is 20.5 Å². The van der Waals surface area contributed by atoms with E-state index >= 15 is 0 Å². The molecule has 0 atom stereocenters. The van der Waals surface area contributed by atoms with Crippen molar-refractivity contribution < 1.29 is 21.7 Å². The molecule has 0 aliphatic carbocycles. The Bertz CT molecular complexity index is 932. The minimum Gasteiger partial charge on any atom is -0.332 e. The molecule has 1 aromatic carbocycles. The van der Waals surface area contributed by atoms with Gasteiger partial charge < -0.3 is 4.52 Å². The highest BCUT2D eigenvalue weighted by Crippen LogP contribution is 2.24. The zero-order valence-corrected chi connectivity index (χ0v) is 12.5. The molecule has 0 aliphatic heterocycles. The van der Waals surface area contributed by atoms with Crippen molar-refractivity contribution in [1.29, 1.82) is 0 Å². The van der Waals surface area contributed by atoms with Gasteiger partial charge in [0.25, 0.3) is 5.89 Å². The molecule has 120 valence electrons. The SMILES string of the molecule is Cc1cc(-c2nc(-c3ccc(S(=O)(=O)C(F)F)cc3)no2)n[nH]1. The van der Waals surface area contributed by atoms with Crippen molar-refractivity contribution in [3.8, 4) is 23.0 Å². The Morgan fingerprint density at radius 3 is 2.48 bits per heavy atom. The second-order valence-corrected chi connectivity index (χ2v) is 6.61. The van der Waals surface area contributed by atoms with Crippen molar-refractivity contribution in [2.75, 3.05) is 0 Å². The van der Waals surface area contributed by atoms with E-state index in [4.69, 9.17) is 4.52 Å². The predicted octanol–water partition coefficient (Wildman–Crippen LogP) is 2.43. The van der Waals surface area contributed by atoms with Gasteiger partial charge in [-0.3, -0.25) is 5.10 Å². The lowest BCUT2D eigenvalue weighted by Gasteiger charge is -2.02. The average Bonchev–Trinajstić information content (AvgIpc) is 3.16. The number of alkyl halides is 2. The largest absolute Gasteiger partial charge is 0.341 e.